The van der Waals surface area contributed by atoms with Gasteiger partial charge in [-0.05, 0) is 30.5 Å². The fourth-order valence-electron chi connectivity index (χ4n) is 2.08. The first-order valence-electron chi connectivity index (χ1n) is 6.45. The number of carboxylic acid groups (broad SMARTS) is 1. The molecule has 1 atom stereocenters. The molecule has 106 valence electrons. The summed E-state index contributed by atoms with van der Waals surface area (Å²) >= 11 is 0. The van der Waals surface area contributed by atoms with Crippen molar-refractivity contribution in [1.82, 2.24) is 10.6 Å². The highest BCUT2D eigenvalue weighted by molar-refractivity contribution is 5.90. The lowest BCUT2D eigenvalue weighted by atomic mass is 10.1. The van der Waals surface area contributed by atoms with Crippen molar-refractivity contribution in [3.63, 3.8) is 0 Å². The number of amides is 2. The lowest BCUT2D eigenvalue weighted by Crippen LogP contribution is -2.42. The molecule has 1 aromatic carbocycles. The Labute approximate surface area is 116 Å². The molecule has 1 saturated heterocycles. The second-order valence-corrected chi connectivity index (χ2v) is 4.70. The van der Waals surface area contributed by atoms with Crippen LogP contribution in [0.4, 0.5) is 0 Å². The van der Waals surface area contributed by atoms with E-state index in [1.165, 1.54) is 12.1 Å². The molecule has 20 heavy (non-hydrogen) atoms. The molecule has 0 radical (unpaired) electrons. The van der Waals surface area contributed by atoms with Crippen LogP contribution < -0.4 is 10.6 Å². The van der Waals surface area contributed by atoms with Gasteiger partial charge in [-0.2, -0.15) is 0 Å². The fourth-order valence-corrected chi connectivity index (χ4v) is 2.08. The first kappa shape index (κ1) is 14.0. The second-order valence-electron chi connectivity index (χ2n) is 4.70. The van der Waals surface area contributed by atoms with Crippen molar-refractivity contribution in [2.75, 3.05) is 6.54 Å². The van der Waals surface area contributed by atoms with Gasteiger partial charge < -0.3 is 15.7 Å². The number of benzene rings is 1. The number of hydrogen-bond acceptors (Lipinski definition) is 3. The largest absolute Gasteiger partial charge is 0.478 e. The van der Waals surface area contributed by atoms with E-state index in [2.05, 4.69) is 10.6 Å². The Morgan fingerprint density at radius 3 is 2.55 bits per heavy atom. The van der Waals surface area contributed by atoms with Gasteiger partial charge in [0, 0.05) is 13.0 Å². The molecule has 2 amide bonds. The molecular formula is C14H16N2O4. The van der Waals surface area contributed by atoms with Crippen molar-refractivity contribution in [2.24, 2.45) is 0 Å². The van der Waals surface area contributed by atoms with Crippen LogP contribution in [0.15, 0.2) is 24.3 Å². The number of carbonyl (C=O) groups excluding carboxylic acids is 2. The van der Waals surface area contributed by atoms with Crippen LogP contribution in [0.3, 0.4) is 0 Å². The summed E-state index contributed by atoms with van der Waals surface area (Å²) in [5.74, 6) is -1.21. The summed E-state index contributed by atoms with van der Waals surface area (Å²) in [7, 11) is 0. The van der Waals surface area contributed by atoms with Crippen LogP contribution >= 0.6 is 0 Å². The lowest BCUT2D eigenvalue weighted by Gasteiger charge is -2.10. The molecule has 1 aromatic rings. The van der Waals surface area contributed by atoms with E-state index < -0.39 is 12.0 Å². The molecule has 0 unspecified atom stereocenters. The molecule has 6 heteroatoms. The van der Waals surface area contributed by atoms with Crippen molar-refractivity contribution in [2.45, 2.75) is 25.3 Å². The molecule has 0 spiro atoms. The van der Waals surface area contributed by atoms with Gasteiger partial charge in [-0.1, -0.05) is 12.1 Å². The molecular weight excluding hydrogens is 260 g/mol. The standard InChI is InChI=1S/C14H16N2O4/c17-12-6-5-11(16-12)13(18)15-8-7-9-1-3-10(4-2-9)14(19)20/h1-4,11H,5-8H2,(H,15,18)(H,16,17)(H,19,20)/t11-/m1/s1. The average molecular weight is 276 g/mol. The summed E-state index contributed by atoms with van der Waals surface area (Å²) in [6, 6.07) is 6.12. The fraction of sp³-hybridized carbons (Fsp3) is 0.357. The van der Waals surface area contributed by atoms with Gasteiger partial charge in [-0.25, -0.2) is 4.79 Å². The molecule has 0 bridgehead atoms. The summed E-state index contributed by atoms with van der Waals surface area (Å²) in [6.45, 7) is 0.456. The van der Waals surface area contributed by atoms with Gasteiger partial charge in [0.05, 0.1) is 5.56 Å². The van der Waals surface area contributed by atoms with E-state index in [1.807, 2.05) is 0 Å². The molecule has 1 fully saturated rings. The topological polar surface area (TPSA) is 95.5 Å². The summed E-state index contributed by atoms with van der Waals surface area (Å²) in [5, 5.41) is 14.1. The van der Waals surface area contributed by atoms with Crippen LogP contribution in [0.5, 0.6) is 0 Å². The monoisotopic (exact) mass is 276 g/mol. The van der Waals surface area contributed by atoms with Gasteiger partial charge in [-0.15, -0.1) is 0 Å². The Hall–Kier alpha value is -2.37. The van der Waals surface area contributed by atoms with Gasteiger partial charge in [0.25, 0.3) is 0 Å². The van der Waals surface area contributed by atoms with Crippen LogP contribution in [-0.2, 0) is 16.0 Å². The summed E-state index contributed by atoms with van der Waals surface area (Å²) < 4.78 is 0. The molecule has 0 aromatic heterocycles. The SMILES string of the molecule is O=C1CC[C@H](C(=O)NCCc2ccc(C(=O)O)cc2)N1. The molecule has 6 nitrogen and oxygen atoms in total. The molecule has 0 aliphatic carbocycles. The van der Waals surface area contributed by atoms with Crippen LogP contribution in [0.25, 0.3) is 0 Å². The molecule has 0 saturated carbocycles. The van der Waals surface area contributed by atoms with Gasteiger partial charge in [-0.3, -0.25) is 9.59 Å². The summed E-state index contributed by atoms with van der Waals surface area (Å²) in [4.78, 5) is 33.4. The summed E-state index contributed by atoms with van der Waals surface area (Å²) in [5.41, 5.74) is 1.19. The summed E-state index contributed by atoms with van der Waals surface area (Å²) in [6.07, 6.45) is 1.55. The number of aromatic carboxylic acids is 1. The molecule has 1 aliphatic heterocycles. The molecule has 1 heterocycles. The maximum Gasteiger partial charge on any atom is 0.335 e. The van der Waals surface area contributed by atoms with Crippen molar-refractivity contribution in [3.8, 4) is 0 Å². The lowest BCUT2D eigenvalue weighted by molar-refractivity contribution is -0.125. The van der Waals surface area contributed by atoms with Crippen LogP contribution in [0.2, 0.25) is 0 Å². The number of carbonyl (C=O) groups is 3. The van der Waals surface area contributed by atoms with Gasteiger partial charge in [0.15, 0.2) is 0 Å². The molecule has 3 N–H and O–H groups in total. The Balaban J connectivity index is 1.76. The Morgan fingerprint density at radius 2 is 2.00 bits per heavy atom. The van der Waals surface area contributed by atoms with E-state index in [0.29, 0.717) is 25.8 Å². The normalized spacial score (nSPS) is 17.6. The van der Waals surface area contributed by atoms with Gasteiger partial charge in [0.1, 0.15) is 6.04 Å². The number of hydrogen-bond donors (Lipinski definition) is 3. The first-order chi connectivity index (χ1) is 9.56. The van der Waals surface area contributed by atoms with Crippen LogP contribution in [-0.4, -0.2) is 35.5 Å². The van der Waals surface area contributed by atoms with E-state index in [0.717, 1.165) is 5.56 Å². The Kier molecular flexibility index (Phi) is 4.34. The molecule has 2 rings (SSSR count). The van der Waals surface area contributed by atoms with Gasteiger partial charge >= 0.3 is 5.97 Å². The highest BCUT2D eigenvalue weighted by atomic mass is 16.4. The minimum Gasteiger partial charge on any atom is -0.478 e. The first-order valence-corrected chi connectivity index (χ1v) is 6.45. The molecule has 1 aliphatic rings. The second kappa shape index (κ2) is 6.18. The van der Waals surface area contributed by atoms with Crippen molar-refractivity contribution >= 4 is 17.8 Å². The Morgan fingerprint density at radius 1 is 1.30 bits per heavy atom. The van der Waals surface area contributed by atoms with Crippen LogP contribution in [0.1, 0.15) is 28.8 Å². The zero-order chi connectivity index (χ0) is 14.5. The predicted molar refractivity (Wildman–Crippen MR) is 71.3 cm³/mol. The van der Waals surface area contributed by atoms with Crippen molar-refractivity contribution < 1.29 is 19.5 Å². The average Bonchev–Trinajstić information content (AvgIpc) is 2.86. The van der Waals surface area contributed by atoms with E-state index in [9.17, 15) is 14.4 Å². The highest BCUT2D eigenvalue weighted by Crippen LogP contribution is 2.07. The zero-order valence-electron chi connectivity index (χ0n) is 10.9. The zero-order valence-corrected chi connectivity index (χ0v) is 10.9. The Bertz CT molecular complexity index is 524. The van der Waals surface area contributed by atoms with E-state index >= 15 is 0 Å². The van der Waals surface area contributed by atoms with Crippen molar-refractivity contribution in [3.05, 3.63) is 35.4 Å². The third-order valence-corrected chi connectivity index (χ3v) is 3.23. The number of carboxylic acids is 1. The van der Waals surface area contributed by atoms with Gasteiger partial charge in [0.2, 0.25) is 11.8 Å². The van der Waals surface area contributed by atoms with E-state index in [1.54, 1.807) is 12.1 Å². The van der Waals surface area contributed by atoms with Crippen LogP contribution in [0, 0.1) is 0 Å². The van der Waals surface area contributed by atoms with E-state index in [4.69, 9.17) is 5.11 Å². The van der Waals surface area contributed by atoms with E-state index in [-0.39, 0.29) is 17.4 Å². The predicted octanol–water partition coefficient (Wildman–Crippen LogP) is 0.322. The minimum absolute atomic E-state index is 0.0885. The number of nitrogens with one attached hydrogen (secondary N) is 2. The maximum atomic E-state index is 11.7. The van der Waals surface area contributed by atoms with Crippen molar-refractivity contribution in [1.29, 1.82) is 0 Å². The highest BCUT2D eigenvalue weighted by Gasteiger charge is 2.26. The maximum absolute atomic E-state index is 11.7. The third-order valence-electron chi connectivity index (χ3n) is 3.23. The quantitative estimate of drug-likeness (QED) is 0.722. The third kappa shape index (κ3) is 3.57. The smallest absolute Gasteiger partial charge is 0.335 e. The minimum atomic E-state index is -0.957. The number of rotatable bonds is 5.